The molecule has 2 heterocycles. The van der Waals surface area contributed by atoms with Crippen molar-refractivity contribution in [3.8, 4) is 0 Å². The van der Waals surface area contributed by atoms with E-state index in [4.69, 9.17) is 9.85 Å². The van der Waals surface area contributed by atoms with E-state index in [-0.39, 0.29) is 11.1 Å². The van der Waals surface area contributed by atoms with Gasteiger partial charge in [0.15, 0.2) is 7.36 Å². The number of allylic oxidation sites excluding steroid dienone is 2. The van der Waals surface area contributed by atoms with Gasteiger partial charge in [-0.1, -0.05) is 70.2 Å². The van der Waals surface area contributed by atoms with Crippen LogP contribution >= 0.6 is 7.36 Å². The minimum atomic E-state index is -4.46. The van der Waals surface area contributed by atoms with Crippen molar-refractivity contribution in [2.24, 2.45) is 9.85 Å². The number of hydrogen-bond acceptors (Lipinski definition) is 3. The van der Waals surface area contributed by atoms with Crippen molar-refractivity contribution in [3.05, 3.63) is 101 Å². The fourth-order valence-corrected chi connectivity index (χ4v) is 9.64. The van der Waals surface area contributed by atoms with Crippen LogP contribution in [-0.2, 0) is 11.6 Å². The number of hydrazone groups is 1. The summed E-state index contributed by atoms with van der Waals surface area (Å²) >= 11 is 0. The van der Waals surface area contributed by atoms with E-state index in [1.54, 1.807) is 6.07 Å². The molecule has 0 radical (unpaired) electrons. The van der Waals surface area contributed by atoms with Crippen molar-refractivity contribution < 1.29 is 13.2 Å². The van der Waals surface area contributed by atoms with E-state index >= 15 is 0 Å². The molecule has 204 valence electrons. The Hall–Kier alpha value is -3.35. The third-order valence-electron chi connectivity index (χ3n) is 7.53. The standard InChI is InChI=1S/C30H33F3N5P/c1-6-37(7-2)39(35-23-15-13-14-22(20-23)30(31,32)33)27(21-34-38(39)24-16-9-8-10-17-24)28-29(3,4)25-18-11-12-19-26(25)36(28)5/h8-21H,6-7H2,1-5H3/b28-27-. The summed E-state index contributed by atoms with van der Waals surface area (Å²) in [6, 6.07) is 23.4. The normalized spacial score (nSPS) is 22.1. The quantitative estimate of drug-likeness (QED) is 0.297. The molecule has 1 atom stereocenters. The molecular formula is C30H33F3N5P. The Morgan fingerprint density at radius 2 is 1.59 bits per heavy atom. The number of benzene rings is 3. The van der Waals surface area contributed by atoms with Gasteiger partial charge in [-0.3, -0.25) is 0 Å². The van der Waals surface area contributed by atoms with E-state index in [0.29, 0.717) is 13.1 Å². The SMILES string of the molecule is CCN(CC)P1(=Nc2cccc(C(F)(F)F)c2)/C(=C2\N(C)c3ccccc3C2(C)C)C=NN1c1ccccc1. The van der Waals surface area contributed by atoms with E-state index in [0.717, 1.165) is 34.5 Å². The molecule has 9 heteroatoms. The molecule has 0 N–H and O–H groups in total. The van der Waals surface area contributed by atoms with Gasteiger partial charge in [-0.25, -0.2) is 14.2 Å². The lowest BCUT2D eigenvalue weighted by Crippen LogP contribution is -2.31. The summed E-state index contributed by atoms with van der Waals surface area (Å²) in [6.07, 6.45) is -2.58. The summed E-state index contributed by atoms with van der Waals surface area (Å²) in [6.45, 7) is 9.81. The first-order valence-electron chi connectivity index (χ1n) is 13.1. The van der Waals surface area contributed by atoms with Crippen LogP contribution in [0.25, 0.3) is 0 Å². The minimum Gasteiger partial charge on any atom is -0.346 e. The molecule has 39 heavy (non-hydrogen) atoms. The van der Waals surface area contributed by atoms with Crippen LogP contribution in [0.15, 0.2) is 99.7 Å². The van der Waals surface area contributed by atoms with Crippen molar-refractivity contribution in [2.75, 3.05) is 29.8 Å². The molecular weight excluding hydrogens is 518 g/mol. The van der Waals surface area contributed by atoms with Crippen LogP contribution in [0.5, 0.6) is 0 Å². The number of hydrogen-bond donors (Lipinski definition) is 0. The highest BCUT2D eigenvalue weighted by molar-refractivity contribution is 7.71. The average Bonchev–Trinajstić information content (AvgIpc) is 3.37. The average molecular weight is 552 g/mol. The maximum atomic E-state index is 13.7. The molecule has 0 aromatic heterocycles. The van der Waals surface area contributed by atoms with Gasteiger partial charge in [0.2, 0.25) is 0 Å². The van der Waals surface area contributed by atoms with Crippen LogP contribution in [0.1, 0.15) is 38.8 Å². The fourth-order valence-electron chi connectivity index (χ4n) is 5.76. The first kappa shape index (κ1) is 27.2. The molecule has 0 amide bonds. The van der Waals surface area contributed by atoms with Crippen molar-refractivity contribution in [1.29, 1.82) is 0 Å². The third kappa shape index (κ3) is 4.40. The van der Waals surface area contributed by atoms with E-state index in [1.165, 1.54) is 11.6 Å². The molecule has 0 saturated heterocycles. The minimum absolute atomic E-state index is 0.283. The van der Waals surface area contributed by atoms with Gasteiger partial charge in [-0.2, -0.15) is 18.3 Å². The number of nitrogens with zero attached hydrogens (tertiary/aromatic N) is 5. The number of rotatable bonds is 5. The van der Waals surface area contributed by atoms with Crippen LogP contribution in [-0.4, -0.2) is 31.0 Å². The lowest BCUT2D eigenvalue weighted by molar-refractivity contribution is -0.137. The largest absolute Gasteiger partial charge is 0.416 e. The highest BCUT2D eigenvalue weighted by Crippen LogP contribution is 2.70. The zero-order chi connectivity index (χ0) is 28.0. The fraction of sp³-hybridized carbons (Fsp3) is 0.300. The van der Waals surface area contributed by atoms with E-state index in [1.807, 2.05) is 53.5 Å². The second kappa shape index (κ2) is 10.00. The highest BCUT2D eigenvalue weighted by Gasteiger charge is 2.49. The molecule has 5 nitrogen and oxygen atoms in total. The van der Waals surface area contributed by atoms with Crippen molar-refractivity contribution >= 4 is 30.6 Å². The monoisotopic (exact) mass is 551 g/mol. The third-order valence-corrected chi connectivity index (χ3v) is 11.2. The van der Waals surface area contributed by atoms with E-state index in [9.17, 15) is 13.2 Å². The number of para-hydroxylation sites is 2. The predicted molar refractivity (Wildman–Crippen MR) is 156 cm³/mol. The zero-order valence-corrected chi connectivity index (χ0v) is 23.7. The summed E-state index contributed by atoms with van der Waals surface area (Å²) in [5, 5.41) is 5.89. The Morgan fingerprint density at radius 1 is 0.923 bits per heavy atom. The van der Waals surface area contributed by atoms with Gasteiger partial charge in [0.25, 0.3) is 0 Å². The zero-order valence-electron chi connectivity index (χ0n) is 22.8. The lowest BCUT2D eigenvalue weighted by Gasteiger charge is -2.40. The number of anilines is 2. The lowest BCUT2D eigenvalue weighted by atomic mass is 9.84. The Morgan fingerprint density at radius 3 is 2.23 bits per heavy atom. The second-order valence-electron chi connectivity index (χ2n) is 10.2. The second-order valence-corrected chi connectivity index (χ2v) is 12.9. The molecule has 0 aliphatic carbocycles. The number of halogens is 3. The van der Waals surface area contributed by atoms with Crippen molar-refractivity contribution in [1.82, 2.24) is 4.67 Å². The molecule has 2 aliphatic heterocycles. The van der Waals surface area contributed by atoms with E-state index in [2.05, 4.69) is 56.4 Å². The first-order chi connectivity index (χ1) is 18.6. The molecule has 3 aromatic carbocycles. The maximum absolute atomic E-state index is 13.7. The van der Waals surface area contributed by atoms with Gasteiger partial charge in [0.05, 0.1) is 28.5 Å². The van der Waals surface area contributed by atoms with Crippen LogP contribution in [0, 0.1) is 0 Å². The number of alkyl halides is 3. The highest BCUT2D eigenvalue weighted by atomic mass is 31.2. The predicted octanol–water partition coefficient (Wildman–Crippen LogP) is 8.86. The molecule has 0 spiro atoms. The topological polar surface area (TPSA) is 34.4 Å². The first-order valence-corrected chi connectivity index (χ1v) is 14.7. The molecule has 5 rings (SSSR count). The Labute approximate surface area is 228 Å². The van der Waals surface area contributed by atoms with Gasteiger partial charge in [-0.15, -0.1) is 0 Å². The molecule has 0 saturated carbocycles. The van der Waals surface area contributed by atoms with Crippen LogP contribution in [0.4, 0.5) is 30.2 Å². The number of likely N-dealkylation sites (N-methyl/N-ethyl adjacent to an activating group) is 1. The van der Waals surface area contributed by atoms with Gasteiger partial charge < -0.3 is 4.90 Å². The van der Waals surface area contributed by atoms with Crippen molar-refractivity contribution in [3.63, 3.8) is 0 Å². The number of fused-ring (bicyclic) bond motifs is 1. The van der Waals surface area contributed by atoms with Gasteiger partial charge in [0, 0.05) is 36.9 Å². The Balaban J connectivity index is 1.89. The Kier molecular flexibility index (Phi) is 6.98. The van der Waals surface area contributed by atoms with Crippen LogP contribution in [0.3, 0.4) is 0 Å². The molecule has 3 aromatic rings. The summed E-state index contributed by atoms with van der Waals surface area (Å²) in [5.74, 6) is 0. The van der Waals surface area contributed by atoms with Crippen LogP contribution in [0.2, 0.25) is 0 Å². The summed E-state index contributed by atoms with van der Waals surface area (Å²) < 4.78 is 50.8. The van der Waals surface area contributed by atoms with Gasteiger partial charge >= 0.3 is 6.18 Å². The van der Waals surface area contributed by atoms with Crippen molar-refractivity contribution in [2.45, 2.75) is 39.3 Å². The van der Waals surface area contributed by atoms with E-state index < -0.39 is 19.1 Å². The molecule has 2 aliphatic rings. The summed E-state index contributed by atoms with van der Waals surface area (Å²) in [7, 11) is -0.896. The maximum Gasteiger partial charge on any atom is 0.416 e. The Bertz CT molecular complexity index is 1490. The molecule has 1 unspecified atom stereocenters. The van der Waals surface area contributed by atoms with Gasteiger partial charge in [0.1, 0.15) is 0 Å². The summed E-state index contributed by atoms with van der Waals surface area (Å²) in [4.78, 5) is 2.20. The van der Waals surface area contributed by atoms with Gasteiger partial charge in [-0.05, 0) is 42.0 Å². The van der Waals surface area contributed by atoms with Crippen LogP contribution < -0.4 is 9.68 Å². The molecule has 0 bridgehead atoms. The molecule has 0 fully saturated rings. The smallest absolute Gasteiger partial charge is 0.346 e. The summed E-state index contributed by atoms with van der Waals surface area (Å²) in [5.41, 5.74) is 3.39.